The third-order valence-electron chi connectivity index (χ3n) is 6.00. The lowest BCUT2D eigenvalue weighted by Gasteiger charge is -2.39. The van der Waals surface area contributed by atoms with Crippen LogP contribution in [0.2, 0.25) is 18.1 Å². The van der Waals surface area contributed by atoms with Gasteiger partial charge in [-0.05, 0) is 107 Å². The van der Waals surface area contributed by atoms with Gasteiger partial charge in [-0.3, -0.25) is 4.79 Å². The summed E-state index contributed by atoms with van der Waals surface area (Å²) in [5, 5.41) is 2.82. The second-order valence-electron chi connectivity index (χ2n) is 11.2. The Balaban J connectivity index is 2.43. The highest BCUT2D eigenvalue weighted by Crippen LogP contribution is 2.44. The molecule has 2 aromatic carbocycles. The van der Waals surface area contributed by atoms with E-state index in [9.17, 15) is 9.59 Å². The largest absolute Gasteiger partial charge is 0.493 e. The van der Waals surface area contributed by atoms with Crippen molar-refractivity contribution in [2.45, 2.75) is 71.4 Å². The number of methoxy groups -OCH3 is 1. The second kappa shape index (κ2) is 12.3. The molecule has 1 atom stereocenters. The molecule has 204 valence electrons. The molecule has 0 heterocycles. The number of halogens is 2. The molecular weight excluding hydrogens is 622 g/mol. The molecule has 10 heteroatoms. The van der Waals surface area contributed by atoms with Crippen molar-refractivity contribution in [3.05, 3.63) is 50.4 Å². The molecule has 0 saturated heterocycles. The van der Waals surface area contributed by atoms with Crippen molar-refractivity contribution in [1.29, 1.82) is 0 Å². The predicted octanol–water partition coefficient (Wildman–Crippen LogP) is 8.41. The number of ether oxygens (including phenoxy) is 3. The Bertz CT molecular complexity index is 1100. The van der Waals surface area contributed by atoms with Crippen LogP contribution in [-0.4, -0.2) is 40.0 Å². The molecule has 7 nitrogen and oxygen atoms in total. The summed E-state index contributed by atoms with van der Waals surface area (Å²) >= 11 is 7.25. The lowest BCUT2D eigenvalue weighted by molar-refractivity contribution is 0.0496. The van der Waals surface area contributed by atoms with Gasteiger partial charge in [-0.15, -0.1) is 0 Å². The quantitative estimate of drug-likeness (QED) is 0.215. The maximum absolute atomic E-state index is 12.4. The minimum Gasteiger partial charge on any atom is -0.493 e. The lowest BCUT2D eigenvalue weighted by Crippen LogP contribution is -2.44. The zero-order chi connectivity index (χ0) is 28.2. The lowest BCUT2D eigenvalue weighted by atomic mass is 10.1. The molecule has 0 spiro atoms. The third kappa shape index (κ3) is 8.83. The Morgan fingerprint density at radius 1 is 1.03 bits per heavy atom. The van der Waals surface area contributed by atoms with Crippen LogP contribution >= 0.6 is 31.9 Å². The highest BCUT2D eigenvalue weighted by atomic mass is 79.9. The summed E-state index contributed by atoms with van der Waals surface area (Å²) in [6.45, 7) is 16.5. The van der Waals surface area contributed by atoms with Gasteiger partial charge in [0.05, 0.1) is 28.7 Å². The van der Waals surface area contributed by atoms with Crippen molar-refractivity contribution < 1.29 is 28.2 Å². The van der Waals surface area contributed by atoms with Crippen LogP contribution in [0, 0.1) is 0 Å². The molecule has 1 amide bonds. The predicted molar refractivity (Wildman–Crippen MR) is 156 cm³/mol. The number of aldehydes is 1. The number of carbonyl (C=O) groups is 2. The molecular formula is C27H37Br2NO6Si. The highest BCUT2D eigenvalue weighted by Gasteiger charge is 2.40. The monoisotopic (exact) mass is 657 g/mol. The fourth-order valence-electron chi connectivity index (χ4n) is 3.07. The van der Waals surface area contributed by atoms with Crippen LogP contribution in [0.5, 0.6) is 17.2 Å². The van der Waals surface area contributed by atoms with Crippen molar-refractivity contribution in [1.82, 2.24) is 5.32 Å². The van der Waals surface area contributed by atoms with E-state index in [0.29, 0.717) is 31.8 Å². The Morgan fingerprint density at radius 3 is 2.11 bits per heavy atom. The van der Waals surface area contributed by atoms with E-state index in [1.165, 1.54) is 7.11 Å². The number of amides is 1. The summed E-state index contributed by atoms with van der Waals surface area (Å²) in [5.41, 5.74) is 0.712. The number of hydrogen-bond acceptors (Lipinski definition) is 6. The number of carbonyl (C=O) groups excluding carboxylic acids is 2. The van der Waals surface area contributed by atoms with Crippen LogP contribution < -0.4 is 14.8 Å². The van der Waals surface area contributed by atoms with Gasteiger partial charge in [0.2, 0.25) is 0 Å². The van der Waals surface area contributed by atoms with Gasteiger partial charge in [-0.25, -0.2) is 4.79 Å². The first-order valence-electron chi connectivity index (χ1n) is 11.9. The molecule has 0 bridgehead atoms. The Hall–Kier alpha value is -1.88. The summed E-state index contributed by atoms with van der Waals surface area (Å²) in [4.78, 5) is 23.7. The zero-order valence-corrected chi connectivity index (χ0v) is 27.1. The summed E-state index contributed by atoms with van der Waals surface area (Å²) in [6.07, 6.45) is -0.181. The normalized spacial score (nSPS) is 13.1. The van der Waals surface area contributed by atoms with E-state index in [1.807, 2.05) is 32.9 Å². The first-order valence-corrected chi connectivity index (χ1v) is 16.4. The minimum atomic E-state index is -2.21. The standard InChI is InChI=1S/C27H37Br2NO6Si/c1-26(2,3)35-25(32)30-15-23(36-37(8,9)27(4,5)6)18-13-19(28)24(20(29)14-18)34-22-12-17(16-31)10-11-21(22)33-7/h10-14,16,23H,15H2,1-9H3,(H,30,32)/t23-/m1/s1. The molecule has 0 aliphatic heterocycles. The van der Waals surface area contributed by atoms with Gasteiger partial charge in [-0.1, -0.05) is 20.8 Å². The molecule has 2 aromatic rings. The van der Waals surface area contributed by atoms with E-state index >= 15 is 0 Å². The fourth-order valence-corrected chi connectivity index (χ4v) is 5.74. The van der Waals surface area contributed by atoms with Crippen molar-refractivity contribution in [2.24, 2.45) is 0 Å². The van der Waals surface area contributed by atoms with Crippen LogP contribution in [-0.2, 0) is 9.16 Å². The molecule has 1 N–H and O–H groups in total. The van der Waals surface area contributed by atoms with E-state index in [4.69, 9.17) is 18.6 Å². The van der Waals surface area contributed by atoms with Crippen molar-refractivity contribution >= 4 is 52.6 Å². The van der Waals surface area contributed by atoms with E-state index in [1.54, 1.807) is 18.2 Å². The molecule has 0 radical (unpaired) electrons. The van der Waals surface area contributed by atoms with E-state index < -0.39 is 26.1 Å². The number of benzene rings is 2. The van der Waals surface area contributed by atoms with Crippen molar-refractivity contribution in [3.8, 4) is 17.2 Å². The molecule has 37 heavy (non-hydrogen) atoms. The first kappa shape index (κ1) is 31.3. The molecule has 0 fully saturated rings. The second-order valence-corrected chi connectivity index (χ2v) is 17.7. The van der Waals surface area contributed by atoms with Crippen LogP contribution in [0.1, 0.15) is 63.6 Å². The smallest absolute Gasteiger partial charge is 0.407 e. The molecule has 0 aliphatic carbocycles. The van der Waals surface area contributed by atoms with E-state index in [-0.39, 0.29) is 11.6 Å². The fraction of sp³-hybridized carbons (Fsp3) is 0.481. The SMILES string of the molecule is COc1ccc(C=O)cc1Oc1c(Br)cc([C@@H](CNC(=O)OC(C)(C)C)O[Si](C)(C)C(C)(C)C)cc1Br. The Labute approximate surface area is 238 Å². The minimum absolute atomic E-state index is 0.0329. The summed E-state index contributed by atoms with van der Waals surface area (Å²) in [7, 11) is -0.667. The van der Waals surface area contributed by atoms with Crippen LogP contribution in [0.3, 0.4) is 0 Å². The third-order valence-corrected chi connectivity index (χ3v) is 11.7. The van der Waals surface area contributed by atoms with Crippen LogP contribution in [0.25, 0.3) is 0 Å². The van der Waals surface area contributed by atoms with Gasteiger partial charge in [0.25, 0.3) is 0 Å². The van der Waals surface area contributed by atoms with Crippen LogP contribution in [0.4, 0.5) is 4.79 Å². The highest BCUT2D eigenvalue weighted by molar-refractivity contribution is 9.11. The maximum atomic E-state index is 12.4. The van der Waals surface area contributed by atoms with E-state index in [2.05, 4.69) is 71.0 Å². The van der Waals surface area contributed by atoms with Crippen LogP contribution in [0.15, 0.2) is 39.3 Å². The average Bonchev–Trinajstić information content (AvgIpc) is 2.76. The van der Waals surface area contributed by atoms with E-state index in [0.717, 1.165) is 11.8 Å². The summed E-state index contributed by atoms with van der Waals surface area (Å²) < 4.78 is 25.0. The summed E-state index contributed by atoms with van der Waals surface area (Å²) in [5.74, 6) is 1.41. The van der Waals surface area contributed by atoms with Gasteiger partial charge < -0.3 is 24.0 Å². The van der Waals surface area contributed by atoms with Gasteiger partial charge in [-0.2, -0.15) is 0 Å². The number of nitrogens with one attached hydrogen (secondary N) is 1. The Morgan fingerprint density at radius 2 is 1.62 bits per heavy atom. The molecule has 0 saturated carbocycles. The van der Waals surface area contributed by atoms with Gasteiger partial charge in [0.15, 0.2) is 25.6 Å². The number of hydrogen-bond donors (Lipinski definition) is 1. The molecule has 2 rings (SSSR count). The number of alkyl carbamates (subject to hydrolysis) is 1. The van der Waals surface area contributed by atoms with Crippen molar-refractivity contribution in [3.63, 3.8) is 0 Å². The van der Waals surface area contributed by atoms with Gasteiger partial charge in [0.1, 0.15) is 11.9 Å². The van der Waals surface area contributed by atoms with Crippen molar-refractivity contribution in [2.75, 3.05) is 13.7 Å². The zero-order valence-electron chi connectivity index (χ0n) is 23.0. The number of rotatable bonds is 9. The average molecular weight is 659 g/mol. The summed E-state index contributed by atoms with van der Waals surface area (Å²) in [6, 6.07) is 8.77. The van der Waals surface area contributed by atoms with Gasteiger partial charge in [0, 0.05) is 5.56 Å². The van der Waals surface area contributed by atoms with Gasteiger partial charge >= 0.3 is 6.09 Å². The molecule has 0 unspecified atom stereocenters. The first-order chi connectivity index (χ1) is 17.0. The molecule has 0 aliphatic rings. The topological polar surface area (TPSA) is 83.1 Å². The maximum Gasteiger partial charge on any atom is 0.407 e. The molecule has 0 aromatic heterocycles. The Kier molecular flexibility index (Phi) is 10.4.